The van der Waals surface area contributed by atoms with Crippen molar-refractivity contribution in [2.45, 2.75) is 19.4 Å². The van der Waals surface area contributed by atoms with Gasteiger partial charge in [0.2, 0.25) is 0 Å². The molecule has 3 nitrogen and oxygen atoms in total. The number of para-hydroxylation sites is 1. The number of hydrogen-bond acceptors (Lipinski definition) is 3. The van der Waals surface area contributed by atoms with Crippen molar-refractivity contribution in [3.05, 3.63) is 29.8 Å². The van der Waals surface area contributed by atoms with Gasteiger partial charge in [-0.3, -0.25) is 4.90 Å². The van der Waals surface area contributed by atoms with Crippen LogP contribution in [0.2, 0.25) is 0 Å². The normalized spacial score (nSPS) is 22.0. The van der Waals surface area contributed by atoms with Gasteiger partial charge in [-0.25, -0.2) is 0 Å². The van der Waals surface area contributed by atoms with E-state index in [1.54, 1.807) is 0 Å². The fourth-order valence-corrected chi connectivity index (χ4v) is 2.97. The fourth-order valence-electron chi connectivity index (χ4n) is 2.97. The maximum atomic E-state index is 5.81. The van der Waals surface area contributed by atoms with Crippen LogP contribution >= 0.6 is 0 Å². The Labute approximate surface area is 109 Å². The Bertz CT molecular complexity index is 388. The van der Waals surface area contributed by atoms with Gasteiger partial charge in [0, 0.05) is 25.2 Å². The Kier molecular flexibility index (Phi) is 3.81. The second kappa shape index (κ2) is 5.72. The molecule has 18 heavy (non-hydrogen) atoms. The summed E-state index contributed by atoms with van der Waals surface area (Å²) >= 11 is 0. The van der Waals surface area contributed by atoms with Crippen LogP contribution in [-0.2, 0) is 6.54 Å². The molecule has 0 aliphatic carbocycles. The third kappa shape index (κ3) is 2.85. The number of piperidine rings is 1. The fraction of sp³-hybridized carbons (Fsp3) is 0.600. The van der Waals surface area contributed by atoms with Crippen molar-refractivity contribution in [3.63, 3.8) is 0 Å². The van der Waals surface area contributed by atoms with Crippen molar-refractivity contribution in [3.8, 4) is 5.75 Å². The smallest absolute Gasteiger partial charge is 0.123 e. The molecule has 0 amide bonds. The summed E-state index contributed by atoms with van der Waals surface area (Å²) in [5, 5.41) is 3.44. The van der Waals surface area contributed by atoms with Crippen molar-refractivity contribution >= 4 is 0 Å². The minimum Gasteiger partial charge on any atom is -0.492 e. The van der Waals surface area contributed by atoms with Crippen molar-refractivity contribution in [1.82, 2.24) is 10.2 Å². The molecule has 0 radical (unpaired) electrons. The van der Waals surface area contributed by atoms with Gasteiger partial charge in [0.1, 0.15) is 12.4 Å². The predicted molar refractivity (Wildman–Crippen MR) is 72.8 cm³/mol. The van der Waals surface area contributed by atoms with E-state index in [0.717, 1.165) is 31.4 Å². The molecule has 2 heterocycles. The maximum Gasteiger partial charge on any atom is 0.123 e. The molecule has 1 saturated heterocycles. The molecule has 0 bridgehead atoms. The van der Waals surface area contributed by atoms with Crippen LogP contribution in [0.15, 0.2) is 24.3 Å². The summed E-state index contributed by atoms with van der Waals surface area (Å²) in [6.07, 6.45) is 2.64. The Morgan fingerprint density at radius 2 is 2.06 bits per heavy atom. The molecule has 1 fully saturated rings. The van der Waals surface area contributed by atoms with Gasteiger partial charge in [0.15, 0.2) is 0 Å². The van der Waals surface area contributed by atoms with Gasteiger partial charge >= 0.3 is 0 Å². The largest absolute Gasteiger partial charge is 0.492 e. The molecule has 0 aromatic heterocycles. The van der Waals surface area contributed by atoms with Gasteiger partial charge in [-0.2, -0.15) is 0 Å². The zero-order valence-corrected chi connectivity index (χ0v) is 10.9. The Morgan fingerprint density at radius 1 is 1.22 bits per heavy atom. The molecule has 0 unspecified atom stereocenters. The summed E-state index contributed by atoms with van der Waals surface area (Å²) in [4.78, 5) is 2.56. The number of fused-ring (bicyclic) bond motifs is 1. The number of ether oxygens (including phenoxy) is 1. The van der Waals surface area contributed by atoms with E-state index < -0.39 is 0 Å². The summed E-state index contributed by atoms with van der Waals surface area (Å²) in [5.41, 5.74) is 1.34. The lowest BCUT2D eigenvalue weighted by atomic mass is 9.97. The first-order chi connectivity index (χ1) is 8.92. The van der Waals surface area contributed by atoms with E-state index in [4.69, 9.17) is 4.74 Å². The highest BCUT2D eigenvalue weighted by Gasteiger charge is 2.20. The standard InChI is InChI=1S/C15H22N2O/c1-2-4-15-14(3-1)12-17(9-10-18-15)11-13-5-7-16-8-6-13/h1-4,13,16H,5-12H2. The monoisotopic (exact) mass is 246 g/mol. The highest BCUT2D eigenvalue weighted by molar-refractivity contribution is 5.33. The highest BCUT2D eigenvalue weighted by atomic mass is 16.5. The Hall–Kier alpha value is -1.06. The average Bonchev–Trinajstić information content (AvgIpc) is 2.61. The van der Waals surface area contributed by atoms with E-state index in [0.29, 0.717) is 0 Å². The van der Waals surface area contributed by atoms with E-state index in [-0.39, 0.29) is 0 Å². The van der Waals surface area contributed by atoms with Gasteiger partial charge in [-0.1, -0.05) is 18.2 Å². The number of rotatable bonds is 2. The molecule has 3 heteroatoms. The molecule has 0 saturated carbocycles. The predicted octanol–water partition coefficient (Wildman–Crippen LogP) is 1.88. The highest BCUT2D eigenvalue weighted by Crippen LogP contribution is 2.24. The molecular weight excluding hydrogens is 224 g/mol. The van der Waals surface area contributed by atoms with Crippen molar-refractivity contribution in [2.24, 2.45) is 5.92 Å². The molecular formula is C15H22N2O. The topological polar surface area (TPSA) is 24.5 Å². The van der Waals surface area contributed by atoms with E-state index in [2.05, 4.69) is 34.5 Å². The molecule has 1 aromatic carbocycles. The Balaban J connectivity index is 1.63. The van der Waals surface area contributed by atoms with Gasteiger partial charge in [-0.05, 0) is 37.9 Å². The summed E-state index contributed by atoms with van der Waals surface area (Å²) in [5.74, 6) is 1.93. The number of nitrogens with zero attached hydrogens (tertiary/aromatic N) is 1. The summed E-state index contributed by atoms with van der Waals surface area (Å²) in [6.45, 7) is 6.51. The van der Waals surface area contributed by atoms with E-state index in [1.807, 2.05) is 0 Å². The van der Waals surface area contributed by atoms with Crippen LogP contribution in [-0.4, -0.2) is 37.7 Å². The third-order valence-corrected chi connectivity index (χ3v) is 4.01. The van der Waals surface area contributed by atoms with Gasteiger partial charge in [0.25, 0.3) is 0 Å². The number of benzene rings is 1. The minimum absolute atomic E-state index is 0.821. The molecule has 0 spiro atoms. The molecule has 1 aromatic rings. The quantitative estimate of drug-likeness (QED) is 0.862. The van der Waals surface area contributed by atoms with E-state index in [9.17, 15) is 0 Å². The molecule has 2 aliphatic heterocycles. The Morgan fingerprint density at radius 3 is 2.94 bits per heavy atom. The summed E-state index contributed by atoms with van der Waals surface area (Å²) in [6, 6.07) is 8.44. The van der Waals surface area contributed by atoms with Crippen LogP contribution < -0.4 is 10.1 Å². The van der Waals surface area contributed by atoms with E-state index >= 15 is 0 Å². The molecule has 98 valence electrons. The van der Waals surface area contributed by atoms with Crippen LogP contribution in [0.5, 0.6) is 5.75 Å². The van der Waals surface area contributed by atoms with Crippen molar-refractivity contribution < 1.29 is 4.74 Å². The van der Waals surface area contributed by atoms with Crippen molar-refractivity contribution in [2.75, 3.05) is 32.8 Å². The SMILES string of the molecule is c1ccc2c(c1)CN(CC1CCNCC1)CCO2. The van der Waals surface area contributed by atoms with Crippen LogP contribution in [0.4, 0.5) is 0 Å². The lowest BCUT2D eigenvalue weighted by Gasteiger charge is -2.28. The first-order valence-corrected chi connectivity index (χ1v) is 7.05. The number of hydrogen-bond donors (Lipinski definition) is 1. The molecule has 1 N–H and O–H groups in total. The molecule has 2 aliphatic rings. The second-order valence-corrected chi connectivity index (χ2v) is 5.38. The zero-order chi connectivity index (χ0) is 12.2. The van der Waals surface area contributed by atoms with Crippen LogP contribution in [0.3, 0.4) is 0 Å². The molecule has 3 rings (SSSR count). The van der Waals surface area contributed by atoms with Crippen LogP contribution in [0.1, 0.15) is 18.4 Å². The average molecular weight is 246 g/mol. The molecule has 0 atom stereocenters. The van der Waals surface area contributed by atoms with Gasteiger partial charge in [-0.15, -0.1) is 0 Å². The lowest BCUT2D eigenvalue weighted by Crippen LogP contribution is -2.36. The first-order valence-electron chi connectivity index (χ1n) is 7.05. The van der Waals surface area contributed by atoms with E-state index in [1.165, 1.54) is 38.0 Å². The zero-order valence-electron chi connectivity index (χ0n) is 10.9. The third-order valence-electron chi connectivity index (χ3n) is 4.01. The summed E-state index contributed by atoms with van der Waals surface area (Å²) < 4.78 is 5.81. The second-order valence-electron chi connectivity index (χ2n) is 5.38. The van der Waals surface area contributed by atoms with Crippen LogP contribution in [0.25, 0.3) is 0 Å². The minimum atomic E-state index is 0.821. The van der Waals surface area contributed by atoms with Crippen molar-refractivity contribution in [1.29, 1.82) is 0 Å². The first kappa shape index (κ1) is 12.0. The summed E-state index contributed by atoms with van der Waals surface area (Å²) in [7, 11) is 0. The number of nitrogens with one attached hydrogen (secondary N) is 1. The lowest BCUT2D eigenvalue weighted by molar-refractivity contribution is 0.181. The van der Waals surface area contributed by atoms with Crippen LogP contribution in [0, 0.1) is 5.92 Å². The van der Waals surface area contributed by atoms with Gasteiger partial charge in [0.05, 0.1) is 0 Å². The van der Waals surface area contributed by atoms with Gasteiger partial charge < -0.3 is 10.1 Å². The maximum absolute atomic E-state index is 5.81.